The van der Waals surface area contributed by atoms with Gasteiger partial charge in [-0.3, -0.25) is 0 Å². The van der Waals surface area contributed by atoms with Crippen molar-refractivity contribution < 1.29 is 13.9 Å². The van der Waals surface area contributed by atoms with E-state index in [0.29, 0.717) is 29.4 Å². The summed E-state index contributed by atoms with van der Waals surface area (Å²) in [7, 11) is 3.09. The van der Waals surface area contributed by atoms with Crippen LogP contribution in [0.25, 0.3) is 0 Å². The van der Waals surface area contributed by atoms with Gasteiger partial charge in [0.15, 0.2) is 0 Å². The van der Waals surface area contributed by atoms with E-state index < -0.39 is 0 Å². The van der Waals surface area contributed by atoms with Crippen LogP contribution in [0.5, 0.6) is 11.6 Å². The first-order valence-electron chi connectivity index (χ1n) is 6.62. The highest BCUT2D eigenvalue weighted by Crippen LogP contribution is 2.30. The quantitative estimate of drug-likeness (QED) is 0.885. The van der Waals surface area contributed by atoms with Gasteiger partial charge in [-0.05, 0) is 24.7 Å². The minimum atomic E-state index is -0.324. The van der Waals surface area contributed by atoms with Gasteiger partial charge in [0.05, 0.1) is 26.0 Å². The summed E-state index contributed by atoms with van der Waals surface area (Å²) in [6.07, 6.45) is 1.42. The molecule has 0 aliphatic rings. The van der Waals surface area contributed by atoms with Gasteiger partial charge in [-0.25, -0.2) is 14.4 Å². The zero-order chi connectivity index (χ0) is 15.2. The van der Waals surface area contributed by atoms with E-state index in [1.54, 1.807) is 19.2 Å². The third kappa shape index (κ3) is 3.46. The molecule has 0 saturated heterocycles. The summed E-state index contributed by atoms with van der Waals surface area (Å²) in [6.45, 7) is 2.66. The van der Waals surface area contributed by atoms with Crippen molar-refractivity contribution in [1.29, 1.82) is 0 Å². The topological polar surface area (TPSA) is 56.3 Å². The van der Waals surface area contributed by atoms with Crippen LogP contribution in [0.4, 0.5) is 4.39 Å². The Morgan fingerprint density at radius 2 is 2.00 bits per heavy atom. The third-order valence-corrected chi connectivity index (χ3v) is 3.08. The van der Waals surface area contributed by atoms with E-state index in [9.17, 15) is 4.39 Å². The maximum atomic E-state index is 13.6. The normalized spacial score (nSPS) is 12.0. The van der Waals surface area contributed by atoms with Crippen LogP contribution in [-0.4, -0.2) is 30.7 Å². The van der Waals surface area contributed by atoms with Gasteiger partial charge in [0.25, 0.3) is 0 Å². The van der Waals surface area contributed by atoms with Gasteiger partial charge in [-0.15, -0.1) is 0 Å². The van der Waals surface area contributed by atoms with Crippen LogP contribution in [0.15, 0.2) is 30.6 Å². The van der Waals surface area contributed by atoms with Gasteiger partial charge in [0.1, 0.15) is 17.9 Å². The standard InChI is InChI=1S/C15H18FN3O2/c1-4-17-15(12-8-14(21-3)19-9-18-12)11-7-10(16)5-6-13(11)20-2/h5-9,15,17H,4H2,1-3H3. The van der Waals surface area contributed by atoms with Crippen molar-refractivity contribution in [3.05, 3.63) is 47.7 Å². The molecule has 0 amide bonds. The summed E-state index contributed by atoms with van der Waals surface area (Å²) in [6, 6.07) is 5.83. The predicted molar refractivity (Wildman–Crippen MR) is 77.1 cm³/mol. The molecule has 1 N–H and O–H groups in total. The van der Waals surface area contributed by atoms with Gasteiger partial charge in [-0.2, -0.15) is 0 Å². The van der Waals surface area contributed by atoms with Crippen LogP contribution >= 0.6 is 0 Å². The zero-order valence-corrected chi connectivity index (χ0v) is 12.3. The van der Waals surface area contributed by atoms with Gasteiger partial charge >= 0.3 is 0 Å². The fourth-order valence-electron chi connectivity index (χ4n) is 2.13. The molecule has 0 aliphatic heterocycles. The van der Waals surface area contributed by atoms with E-state index in [2.05, 4.69) is 15.3 Å². The largest absolute Gasteiger partial charge is 0.496 e. The summed E-state index contributed by atoms with van der Waals surface area (Å²) in [5.41, 5.74) is 1.37. The fourth-order valence-corrected chi connectivity index (χ4v) is 2.13. The molecule has 0 aliphatic carbocycles. The number of nitrogens with one attached hydrogen (secondary N) is 1. The summed E-state index contributed by atoms with van der Waals surface area (Å²) < 4.78 is 24.0. The van der Waals surface area contributed by atoms with E-state index in [4.69, 9.17) is 9.47 Å². The second-order valence-corrected chi connectivity index (χ2v) is 4.36. The van der Waals surface area contributed by atoms with E-state index in [1.807, 2.05) is 6.92 Å². The number of ether oxygens (including phenoxy) is 2. The second kappa shape index (κ2) is 6.99. The first kappa shape index (κ1) is 15.2. The van der Waals surface area contributed by atoms with Crippen LogP contribution in [0, 0.1) is 5.82 Å². The minimum absolute atomic E-state index is 0.308. The number of hydrogen-bond donors (Lipinski definition) is 1. The summed E-state index contributed by atoms with van der Waals surface area (Å²) in [5.74, 6) is 0.730. The molecule has 1 unspecified atom stereocenters. The Morgan fingerprint density at radius 3 is 2.67 bits per heavy atom. The van der Waals surface area contributed by atoms with Crippen LogP contribution in [0.1, 0.15) is 24.2 Å². The minimum Gasteiger partial charge on any atom is -0.496 e. The number of rotatable bonds is 6. The Balaban J connectivity index is 2.49. The van der Waals surface area contributed by atoms with E-state index in [1.165, 1.54) is 25.6 Å². The molecular weight excluding hydrogens is 273 g/mol. The maximum Gasteiger partial charge on any atom is 0.216 e. The van der Waals surface area contributed by atoms with Crippen molar-refractivity contribution in [2.24, 2.45) is 0 Å². The van der Waals surface area contributed by atoms with Gasteiger partial charge in [0, 0.05) is 11.6 Å². The van der Waals surface area contributed by atoms with Crippen molar-refractivity contribution in [3.63, 3.8) is 0 Å². The van der Waals surface area contributed by atoms with E-state index >= 15 is 0 Å². The van der Waals surface area contributed by atoms with Crippen molar-refractivity contribution in [2.75, 3.05) is 20.8 Å². The Hall–Kier alpha value is -2.21. The van der Waals surface area contributed by atoms with Crippen LogP contribution in [-0.2, 0) is 0 Å². The molecule has 0 fully saturated rings. The lowest BCUT2D eigenvalue weighted by atomic mass is 10.0. The Bertz CT molecular complexity index is 607. The number of hydrogen-bond acceptors (Lipinski definition) is 5. The Kier molecular flexibility index (Phi) is 5.05. The summed E-state index contributed by atoms with van der Waals surface area (Å²) >= 11 is 0. The monoisotopic (exact) mass is 291 g/mol. The molecule has 1 aromatic heterocycles. The molecule has 1 heterocycles. The van der Waals surface area contributed by atoms with E-state index in [0.717, 1.165) is 0 Å². The molecule has 112 valence electrons. The highest BCUT2D eigenvalue weighted by atomic mass is 19.1. The molecule has 0 radical (unpaired) electrons. The maximum absolute atomic E-state index is 13.6. The number of aromatic nitrogens is 2. The van der Waals surface area contributed by atoms with Crippen molar-refractivity contribution in [3.8, 4) is 11.6 Å². The van der Waals surface area contributed by atoms with Crippen molar-refractivity contribution in [2.45, 2.75) is 13.0 Å². The molecular formula is C15H18FN3O2. The number of benzene rings is 1. The number of methoxy groups -OCH3 is 2. The fraction of sp³-hybridized carbons (Fsp3) is 0.333. The van der Waals surface area contributed by atoms with E-state index in [-0.39, 0.29) is 11.9 Å². The molecule has 1 aromatic carbocycles. The van der Waals surface area contributed by atoms with Gasteiger partial charge in [-0.1, -0.05) is 6.92 Å². The SMILES string of the molecule is CCNC(c1cc(OC)ncn1)c1cc(F)ccc1OC. The lowest BCUT2D eigenvalue weighted by Crippen LogP contribution is -2.23. The summed E-state index contributed by atoms with van der Waals surface area (Å²) in [4.78, 5) is 8.24. The number of halogens is 1. The van der Waals surface area contributed by atoms with Crippen LogP contribution in [0.3, 0.4) is 0 Å². The second-order valence-electron chi connectivity index (χ2n) is 4.36. The Morgan fingerprint density at radius 1 is 1.19 bits per heavy atom. The molecule has 21 heavy (non-hydrogen) atoms. The molecule has 1 atom stereocenters. The molecule has 0 spiro atoms. The third-order valence-electron chi connectivity index (χ3n) is 3.08. The highest BCUT2D eigenvalue weighted by Gasteiger charge is 2.20. The van der Waals surface area contributed by atoms with Crippen LogP contribution < -0.4 is 14.8 Å². The smallest absolute Gasteiger partial charge is 0.216 e. The zero-order valence-electron chi connectivity index (χ0n) is 12.3. The number of nitrogens with zero attached hydrogens (tertiary/aromatic N) is 2. The molecule has 6 heteroatoms. The Labute approximate surface area is 123 Å². The van der Waals surface area contributed by atoms with Crippen molar-refractivity contribution >= 4 is 0 Å². The average Bonchev–Trinajstić information content (AvgIpc) is 2.52. The highest BCUT2D eigenvalue weighted by molar-refractivity contribution is 5.41. The van der Waals surface area contributed by atoms with Gasteiger partial charge < -0.3 is 14.8 Å². The molecule has 0 bridgehead atoms. The van der Waals surface area contributed by atoms with Crippen LogP contribution in [0.2, 0.25) is 0 Å². The van der Waals surface area contributed by atoms with Gasteiger partial charge in [0.2, 0.25) is 5.88 Å². The molecule has 2 aromatic rings. The van der Waals surface area contributed by atoms with Crippen molar-refractivity contribution in [1.82, 2.24) is 15.3 Å². The molecule has 2 rings (SSSR count). The average molecular weight is 291 g/mol. The lowest BCUT2D eigenvalue weighted by molar-refractivity contribution is 0.392. The molecule has 5 nitrogen and oxygen atoms in total. The predicted octanol–water partition coefficient (Wildman–Crippen LogP) is 2.33. The summed E-state index contributed by atoms with van der Waals surface area (Å²) in [5, 5.41) is 3.28. The molecule has 0 saturated carbocycles. The first-order chi connectivity index (χ1) is 10.2. The lowest BCUT2D eigenvalue weighted by Gasteiger charge is -2.20. The first-order valence-corrected chi connectivity index (χ1v) is 6.62.